The number of carbonyl (C=O) groups is 3. The molecule has 1 saturated heterocycles. The number of benzene rings is 1. The van der Waals surface area contributed by atoms with Crippen molar-refractivity contribution < 1.29 is 39.2 Å². The fourth-order valence-corrected chi connectivity index (χ4v) is 6.81. The van der Waals surface area contributed by atoms with Crippen LogP contribution in [0.2, 0.25) is 0 Å². The number of β-lactam (4-membered cyclic amide) rings is 1. The molecular weight excluding hydrogens is 626 g/mol. The molecule has 0 bridgehead atoms. The summed E-state index contributed by atoms with van der Waals surface area (Å²) in [6.45, 7) is -0.258. The second-order valence-electron chi connectivity index (χ2n) is 9.99. The van der Waals surface area contributed by atoms with E-state index in [9.17, 15) is 34.6 Å². The third-order valence-corrected chi connectivity index (χ3v) is 9.10. The Kier molecular flexibility index (Phi) is 7.86. The summed E-state index contributed by atoms with van der Waals surface area (Å²) in [5, 5.41) is 40.8. The van der Waals surface area contributed by atoms with E-state index in [2.05, 4.69) is 15.5 Å². The Morgan fingerprint density at radius 1 is 1.24 bits per heavy atom. The molecule has 0 radical (unpaired) electrons. The van der Waals surface area contributed by atoms with Gasteiger partial charge in [0.15, 0.2) is 42.1 Å². The van der Waals surface area contributed by atoms with Crippen LogP contribution in [0, 0.1) is 0 Å². The number of hydrogen-bond acceptors (Lipinski definition) is 13. The van der Waals surface area contributed by atoms with Crippen molar-refractivity contribution in [1.82, 2.24) is 19.9 Å². The maximum atomic E-state index is 13.4. The minimum Gasteiger partial charge on any atom is -0.543 e. The van der Waals surface area contributed by atoms with Crippen molar-refractivity contribution in [2.45, 2.75) is 24.6 Å². The van der Waals surface area contributed by atoms with Crippen molar-refractivity contribution in [3.05, 3.63) is 93.3 Å². The van der Waals surface area contributed by atoms with E-state index < -0.39 is 47.0 Å². The molecule has 2 aliphatic rings. The smallest absolute Gasteiger partial charge is 0.276 e. The van der Waals surface area contributed by atoms with Crippen LogP contribution in [0.4, 0.5) is 5.13 Å². The van der Waals surface area contributed by atoms with Gasteiger partial charge in [0.2, 0.25) is 5.43 Å². The number of rotatable bonds is 9. The number of carboxylic acid groups (broad SMARTS) is 1. The van der Waals surface area contributed by atoms with Gasteiger partial charge in [0.1, 0.15) is 22.8 Å². The maximum absolute atomic E-state index is 13.4. The zero-order chi connectivity index (χ0) is 31.8. The number of thioether (sulfide) groups is 1. The zero-order valence-electron chi connectivity index (χ0n) is 23.0. The summed E-state index contributed by atoms with van der Waals surface area (Å²) in [6, 6.07) is 9.48. The van der Waals surface area contributed by atoms with Gasteiger partial charge in [0.25, 0.3) is 11.8 Å². The molecule has 15 nitrogen and oxygen atoms in total. The van der Waals surface area contributed by atoms with E-state index in [1.807, 2.05) is 47.3 Å². The molecule has 6 rings (SSSR count). The molecule has 230 valence electrons. The Balaban J connectivity index is 1.20. The summed E-state index contributed by atoms with van der Waals surface area (Å²) in [5.74, 6) is -3.42. The van der Waals surface area contributed by atoms with Gasteiger partial charge in [-0.1, -0.05) is 23.4 Å². The summed E-state index contributed by atoms with van der Waals surface area (Å²) in [5.41, 5.74) is 4.81. The molecule has 0 spiro atoms. The third-order valence-electron chi connectivity index (χ3n) is 7.08. The number of nitrogens with zero attached hydrogens (tertiary/aromatic N) is 5. The topological polar surface area (TPSA) is 216 Å². The van der Waals surface area contributed by atoms with Crippen LogP contribution in [0.1, 0.15) is 11.4 Å². The number of anilines is 1. The molecule has 1 aromatic carbocycles. The summed E-state index contributed by atoms with van der Waals surface area (Å²) in [6.07, 6.45) is 4.49. The van der Waals surface area contributed by atoms with Crippen LogP contribution < -0.4 is 26.2 Å². The number of hydrogen-bond donors (Lipinski definition) is 4. The summed E-state index contributed by atoms with van der Waals surface area (Å²) in [4.78, 5) is 61.0. The highest BCUT2D eigenvalue weighted by Gasteiger charge is 2.53. The molecule has 0 unspecified atom stereocenters. The van der Waals surface area contributed by atoms with Gasteiger partial charge in [-0.15, -0.1) is 23.1 Å². The van der Waals surface area contributed by atoms with Gasteiger partial charge in [0.05, 0.1) is 17.9 Å². The Bertz CT molecular complexity index is 1990. The lowest BCUT2D eigenvalue weighted by atomic mass is 10.0. The number of aromatic nitrogens is 3. The molecule has 1 fully saturated rings. The quantitative estimate of drug-likeness (QED) is 0.0584. The minimum absolute atomic E-state index is 0.0343. The highest BCUT2D eigenvalue weighted by atomic mass is 32.2. The van der Waals surface area contributed by atoms with Gasteiger partial charge in [-0.25, -0.2) is 9.55 Å². The molecule has 2 aliphatic heterocycles. The van der Waals surface area contributed by atoms with Crippen LogP contribution in [0.25, 0.3) is 10.8 Å². The molecule has 17 heteroatoms. The van der Waals surface area contributed by atoms with Gasteiger partial charge in [0, 0.05) is 34.2 Å². The summed E-state index contributed by atoms with van der Waals surface area (Å²) >= 11 is 2.32. The van der Waals surface area contributed by atoms with Crippen molar-refractivity contribution in [2.24, 2.45) is 5.16 Å². The largest absolute Gasteiger partial charge is 0.543 e. The number of nitrogens with two attached hydrogens (primary N) is 1. The van der Waals surface area contributed by atoms with Crippen molar-refractivity contribution in [3.63, 3.8) is 0 Å². The Morgan fingerprint density at radius 2 is 2.02 bits per heavy atom. The van der Waals surface area contributed by atoms with Gasteiger partial charge in [-0.2, -0.15) is 4.73 Å². The third kappa shape index (κ3) is 5.77. The van der Waals surface area contributed by atoms with Crippen LogP contribution in [0.3, 0.4) is 0 Å². The number of aromatic hydroxyl groups is 1. The van der Waals surface area contributed by atoms with Crippen LogP contribution in [-0.4, -0.2) is 65.6 Å². The fraction of sp³-hybridized carbons (Fsp3) is 0.179. The number of aliphatic carboxylic acids is 1. The first-order valence-corrected chi connectivity index (χ1v) is 15.2. The monoisotopic (exact) mass is 649 g/mol. The lowest BCUT2D eigenvalue weighted by molar-refractivity contribution is -0.687. The van der Waals surface area contributed by atoms with E-state index in [1.54, 1.807) is 0 Å². The summed E-state index contributed by atoms with van der Waals surface area (Å²) in [7, 11) is 0. The standard InChI is InChI=1S/C28H23N7O8S2/c29-28-30-18(13-45-28)21(32-43-11-17-7-19(36)20(37)10-34(17)42)24(38)31-22-25(39)35-23(27(40)41)16(12-44-26(22)35)9-33-6-5-14-3-1-2-4-15(14)8-33/h1-8,10,13,22,26,42H,9,11-12H2,(H4-,29,30,31,37,38,40,41)/b32-21+/t22-,26-/m0/s1. The number of pyridine rings is 2. The number of oxime groups is 1. The molecular formula is C28H23N7O8S2. The van der Waals surface area contributed by atoms with E-state index in [-0.39, 0.29) is 40.2 Å². The number of nitrogens with one attached hydrogen (secondary N) is 1. The molecule has 5 N–H and O–H groups in total. The SMILES string of the molecule is Nc1nc(/C(=N\OCc2cc(=O)c(O)cn2O)C(=O)N[C@H]2C(=O)N3C(C(=O)[O-])=C(C[n+]4ccc5ccccc5c4)CS[C@@H]23)cs1. The molecule has 0 saturated carbocycles. The minimum atomic E-state index is -1.50. The van der Waals surface area contributed by atoms with E-state index in [0.29, 0.717) is 10.3 Å². The van der Waals surface area contributed by atoms with E-state index >= 15 is 0 Å². The Morgan fingerprint density at radius 3 is 2.76 bits per heavy atom. The molecule has 45 heavy (non-hydrogen) atoms. The highest BCUT2D eigenvalue weighted by molar-refractivity contribution is 8.00. The van der Waals surface area contributed by atoms with Crippen molar-refractivity contribution >= 4 is 62.5 Å². The van der Waals surface area contributed by atoms with Gasteiger partial charge in [-0.05, 0) is 11.5 Å². The maximum Gasteiger partial charge on any atom is 0.276 e. The normalized spacial score (nSPS) is 18.0. The lowest BCUT2D eigenvalue weighted by Crippen LogP contribution is -2.71. The van der Waals surface area contributed by atoms with Crippen LogP contribution in [0.5, 0.6) is 5.75 Å². The Labute approximate surface area is 261 Å². The number of fused-ring (bicyclic) bond motifs is 2. The van der Waals surface area contributed by atoms with Gasteiger partial charge in [-0.3, -0.25) is 19.3 Å². The fourth-order valence-electron chi connectivity index (χ4n) is 4.93. The average molecular weight is 650 g/mol. The van der Waals surface area contributed by atoms with Crippen molar-refractivity contribution in [3.8, 4) is 5.75 Å². The second-order valence-corrected chi connectivity index (χ2v) is 12.0. The first-order valence-electron chi connectivity index (χ1n) is 13.2. The summed E-state index contributed by atoms with van der Waals surface area (Å²) < 4.78 is 2.30. The predicted molar refractivity (Wildman–Crippen MR) is 159 cm³/mol. The van der Waals surface area contributed by atoms with E-state index in [0.717, 1.165) is 39.3 Å². The first kappa shape index (κ1) is 29.6. The average Bonchev–Trinajstić information content (AvgIpc) is 3.45. The second kappa shape index (κ2) is 11.9. The predicted octanol–water partition coefficient (Wildman–Crippen LogP) is -0.704. The number of amides is 2. The molecule has 2 atom stereocenters. The van der Waals surface area contributed by atoms with Crippen LogP contribution in [-0.2, 0) is 32.4 Å². The van der Waals surface area contributed by atoms with Gasteiger partial charge < -0.3 is 36.1 Å². The highest BCUT2D eigenvalue weighted by Crippen LogP contribution is 2.40. The molecule has 0 aliphatic carbocycles. The van der Waals surface area contributed by atoms with Crippen LogP contribution in [0.15, 0.2) is 81.6 Å². The molecule has 2 amide bonds. The molecule has 4 aromatic rings. The molecule has 3 aromatic heterocycles. The van der Waals surface area contributed by atoms with E-state index in [4.69, 9.17) is 10.6 Å². The van der Waals surface area contributed by atoms with Crippen molar-refractivity contribution in [2.75, 3.05) is 11.5 Å². The lowest BCUT2D eigenvalue weighted by Gasteiger charge is -2.50. The number of carbonyl (C=O) groups excluding carboxylic acids is 3. The zero-order valence-corrected chi connectivity index (χ0v) is 24.7. The van der Waals surface area contributed by atoms with Gasteiger partial charge >= 0.3 is 0 Å². The van der Waals surface area contributed by atoms with E-state index in [1.165, 1.54) is 17.1 Å². The number of nitrogen functional groups attached to an aromatic ring is 1. The van der Waals surface area contributed by atoms with Crippen LogP contribution >= 0.6 is 23.1 Å². The Hall–Kier alpha value is -5.42. The molecule has 5 heterocycles. The number of thiazole rings is 1. The van der Waals surface area contributed by atoms with Crippen molar-refractivity contribution in [1.29, 1.82) is 0 Å². The first-order chi connectivity index (χ1) is 21.6. The number of carboxylic acids is 1.